The van der Waals surface area contributed by atoms with Gasteiger partial charge < -0.3 is 9.64 Å². The van der Waals surface area contributed by atoms with E-state index in [1.54, 1.807) is 16.8 Å². The van der Waals surface area contributed by atoms with Gasteiger partial charge in [-0.15, -0.1) is 0 Å². The van der Waals surface area contributed by atoms with Crippen molar-refractivity contribution < 1.29 is 9.53 Å². The average molecular weight is 394 g/mol. The molecular weight excluding hydrogens is 362 g/mol. The number of rotatable bonds is 4. The fraction of sp³-hybridized carbons (Fsp3) is 0.684. The van der Waals surface area contributed by atoms with Gasteiger partial charge in [0.05, 0.1) is 36.7 Å². The van der Waals surface area contributed by atoms with Crippen molar-refractivity contribution in [2.45, 2.75) is 58.8 Å². The van der Waals surface area contributed by atoms with E-state index in [4.69, 9.17) is 4.74 Å². The molecular formula is C19H31N5O2S. The number of allylic oxidation sites excluding steroid dienone is 1. The largest absolute Gasteiger partial charge is 0.444 e. The van der Waals surface area contributed by atoms with Crippen molar-refractivity contribution in [1.29, 1.82) is 0 Å². The van der Waals surface area contributed by atoms with Gasteiger partial charge in [-0.2, -0.15) is 5.10 Å². The summed E-state index contributed by atoms with van der Waals surface area (Å²) < 4.78 is 11.0. The summed E-state index contributed by atoms with van der Waals surface area (Å²) in [6, 6.07) is 0.0420. The highest BCUT2D eigenvalue weighted by molar-refractivity contribution is 7.96. The first-order chi connectivity index (χ1) is 12.7. The van der Waals surface area contributed by atoms with Gasteiger partial charge in [-0.25, -0.2) is 4.79 Å². The lowest BCUT2D eigenvalue weighted by molar-refractivity contribution is 0.00913. The smallest absolute Gasteiger partial charge is 0.410 e. The molecule has 0 spiro atoms. The number of aromatic nitrogens is 2. The van der Waals surface area contributed by atoms with Crippen molar-refractivity contribution >= 4 is 23.7 Å². The molecule has 8 heteroatoms. The molecule has 1 saturated heterocycles. The lowest BCUT2D eigenvalue weighted by atomic mass is 10.1. The first-order valence-electron chi connectivity index (χ1n) is 9.45. The monoisotopic (exact) mass is 393 g/mol. The van der Waals surface area contributed by atoms with Crippen LogP contribution in [0.3, 0.4) is 0 Å². The van der Waals surface area contributed by atoms with Gasteiger partial charge in [-0.3, -0.25) is 14.3 Å². The number of nitrogens with one attached hydrogen (secondary N) is 1. The summed E-state index contributed by atoms with van der Waals surface area (Å²) in [5, 5.41) is 4.58. The Morgan fingerprint density at radius 2 is 2.19 bits per heavy atom. The highest BCUT2D eigenvalue weighted by Crippen LogP contribution is 2.35. The van der Waals surface area contributed by atoms with Gasteiger partial charge in [0.1, 0.15) is 5.60 Å². The Morgan fingerprint density at radius 1 is 1.44 bits per heavy atom. The topological polar surface area (TPSA) is 62.6 Å². The summed E-state index contributed by atoms with van der Waals surface area (Å²) >= 11 is 1.65. The molecule has 0 radical (unpaired) electrons. The van der Waals surface area contributed by atoms with Gasteiger partial charge in [0, 0.05) is 18.8 Å². The summed E-state index contributed by atoms with van der Waals surface area (Å²) in [6.07, 6.45) is 4.67. The van der Waals surface area contributed by atoms with Crippen LogP contribution in [-0.2, 0) is 17.8 Å². The number of anilines is 1. The number of nitrogens with zero attached hydrogens (tertiary/aromatic N) is 4. The van der Waals surface area contributed by atoms with E-state index in [0.717, 1.165) is 36.6 Å². The molecule has 2 aliphatic heterocycles. The molecule has 0 aromatic carbocycles. The van der Waals surface area contributed by atoms with Crippen molar-refractivity contribution in [3.8, 4) is 0 Å². The van der Waals surface area contributed by atoms with Crippen LogP contribution in [0.5, 0.6) is 0 Å². The van der Waals surface area contributed by atoms with Gasteiger partial charge >= 0.3 is 6.09 Å². The lowest BCUT2D eigenvalue weighted by Gasteiger charge is -2.36. The molecule has 1 unspecified atom stereocenters. The molecule has 1 aromatic heterocycles. The molecule has 1 aromatic rings. The molecule has 3 rings (SSSR count). The summed E-state index contributed by atoms with van der Waals surface area (Å²) in [5.41, 5.74) is 2.73. The second kappa shape index (κ2) is 7.75. The molecule has 1 amide bonds. The molecule has 0 saturated carbocycles. The van der Waals surface area contributed by atoms with Crippen molar-refractivity contribution in [3.63, 3.8) is 0 Å². The van der Waals surface area contributed by atoms with Crippen LogP contribution in [-0.4, -0.2) is 51.8 Å². The Hall–Kier alpha value is -1.67. The minimum atomic E-state index is -0.502. The predicted molar refractivity (Wildman–Crippen MR) is 110 cm³/mol. The van der Waals surface area contributed by atoms with Crippen LogP contribution in [0.4, 0.5) is 10.5 Å². The van der Waals surface area contributed by atoms with E-state index in [1.165, 1.54) is 0 Å². The SMILES string of the molecule is C=C1CC(CNSC)CN1c1cnn2c1CN(C(=O)OC(C)(C)C)[C@@H](C)C2. The first kappa shape index (κ1) is 20.1. The molecule has 150 valence electrons. The Balaban J connectivity index is 1.77. The third-order valence-corrected chi connectivity index (χ3v) is 5.45. The van der Waals surface area contributed by atoms with Crippen LogP contribution in [0.1, 0.15) is 39.8 Å². The number of hydrogen-bond donors (Lipinski definition) is 1. The Morgan fingerprint density at radius 3 is 2.85 bits per heavy atom. The van der Waals surface area contributed by atoms with Gasteiger partial charge in [-0.1, -0.05) is 18.5 Å². The van der Waals surface area contributed by atoms with E-state index < -0.39 is 5.60 Å². The highest BCUT2D eigenvalue weighted by Gasteiger charge is 2.35. The zero-order chi connectivity index (χ0) is 19.8. The van der Waals surface area contributed by atoms with E-state index in [2.05, 4.69) is 21.3 Å². The maximum atomic E-state index is 12.7. The highest BCUT2D eigenvalue weighted by atomic mass is 32.2. The fourth-order valence-corrected chi connectivity index (χ4v) is 4.08. The first-order valence-corrected chi connectivity index (χ1v) is 10.7. The van der Waals surface area contributed by atoms with Gasteiger partial charge in [0.15, 0.2) is 0 Å². The summed E-state index contributed by atoms with van der Waals surface area (Å²) in [5.74, 6) is 0.532. The summed E-state index contributed by atoms with van der Waals surface area (Å²) in [7, 11) is 0. The van der Waals surface area contributed by atoms with Crippen LogP contribution in [0, 0.1) is 5.92 Å². The van der Waals surface area contributed by atoms with E-state index in [-0.39, 0.29) is 12.1 Å². The van der Waals surface area contributed by atoms with E-state index in [9.17, 15) is 4.79 Å². The van der Waals surface area contributed by atoms with Crippen LogP contribution >= 0.6 is 11.9 Å². The van der Waals surface area contributed by atoms with Crippen molar-refractivity contribution in [1.82, 2.24) is 19.4 Å². The molecule has 1 fully saturated rings. The molecule has 0 aliphatic carbocycles. The van der Waals surface area contributed by atoms with E-state index in [1.807, 2.05) is 44.8 Å². The van der Waals surface area contributed by atoms with Crippen molar-refractivity contribution in [2.75, 3.05) is 24.2 Å². The van der Waals surface area contributed by atoms with Crippen molar-refractivity contribution in [2.24, 2.45) is 5.92 Å². The number of carbonyl (C=O) groups is 1. The average Bonchev–Trinajstić information content (AvgIpc) is 3.13. The second-order valence-electron chi connectivity index (χ2n) is 8.42. The number of amides is 1. The van der Waals surface area contributed by atoms with Gasteiger partial charge in [-0.05, 0) is 46.3 Å². The standard InChI is InChI=1S/C19H31N5O2S/c1-13-7-15(8-21-27-6)11-22(13)16-9-20-24-10-14(2)23(12-17(16)24)18(25)26-19(3,4)5/h9,14-15,21H,1,7-8,10-12H2,2-6H3/t14-,15?/m0/s1. The normalized spacial score (nSPS) is 22.9. The molecule has 0 bridgehead atoms. The fourth-order valence-electron chi connectivity index (χ4n) is 3.68. The van der Waals surface area contributed by atoms with Crippen molar-refractivity contribution in [3.05, 3.63) is 24.2 Å². The predicted octanol–water partition coefficient (Wildman–Crippen LogP) is 3.23. The number of ether oxygens (including phenoxy) is 1. The van der Waals surface area contributed by atoms with Crippen LogP contribution in [0.25, 0.3) is 0 Å². The zero-order valence-corrected chi connectivity index (χ0v) is 17.8. The number of hydrogen-bond acceptors (Lipinski definition) is 6. The van der Waals surface area contributed by atoms with Gasteiger partial charge in [0.2, 0.25) is 0 Å². The van der Waals surface area contributed by atoms with Crippen LogP contribution in [0.15, 0.2) is 18.5 Å². The molecule has 1 N–H and O–H groups in total. The van der Waals surface area contributed by atoms with E-state index in [0.29, 0.717) is 19.0 Å². The second-order valence-corrected chi connectivity index (χ2v) is 9.11. The molecule has 3 heterocycles. The molecule has 2 aliphatic rings. The Kier molecular flexibility index (Phi) is 5.76. The van der Waals surface area contributed by atoms with Crippen LogP contribution < -0.4 is 9.62 Å². The summed E-state index contributed by atoms with van der Waals surface area (Å²) in [6.45, 7) is 15.0. The Labute approximate surface area is 166 Å². The quantitative estimate of drug-likeness (QED) is 0.793. The number of fused-ring (bicyclic) bond motifs is 1. The van der Waals surface area contributed by atoms with E-state index >= 15 is 0 Å². The third-order valence-electron chi connectivity index (χ3n) is 5.00. The molecule has 2 atom stereocenters. The lowest BCUT2D eigenvalue weighted by Crippen LogP contribution is -2.47. The maximum Gasteiger partial charge on any atom is 0.410 e. The zero-order valence-electron chi connectivity index (χ0n) is 17.0. The molecule has 27 heavy (non-hydrogen) atoms. The minimum absolute atomic E-state index is 0.0420. The maximum absolute atomic E-state index is 12.7. The van der Waals surface area contributed by atoms with Gasteiger partial charge in [0.25, 0.3) is 0 Å². The Bertz CT molecular complexity index is 711. The molecule has 7 nitrogen and oxygen atoms in total. The third kappa shape index (κ3) is 4.43. The summed E-state index contributed by atoms with van der Waals surface area (Å²) in [4.78, 5) is 16.7. The minimum Gasteiger partial charge on any atom is -0.444 e. The van der Waals surface area contributed by atoms with Crippen LogP contribution in [0.2, 0.25) is 0 Å². The number of carbonyl (C=O) groups excluding carboxylic acids is 1.